The fourth-order valence-corrected chi connectivity index (χ4v) is 11.9. The zero-order valence-corrected chi connectivity index (χ0v) is 48.6. The number of thiol groups is 1. The van der Waals surface area contributed by atoms with E-state index in [1.165, 1.54) is 36.4 Å². The van der Waals surface area contributed by atoms with Gasteiger partial charge in [0.15, 0.2) is 44.0 Å². The molecule has 3 N–H and O–H groups in total. The summed E-state index contributed by atoms with van der Waals surface area (Å²) in [4.78, 5) is 106. The number of carboxylic acids is 1. The van der Waals surface area contributed by atoms with E-state index < -0.39 is 50.0 Å². The number of anilines is 3. The maximum absolute atomic E-state index is 14.1. The summed E-state index contributed by atoms with van der Waals surface area (Å²) in [6.07, 6.45) is 2.68. The second-order valence-electron chi connectivity index (χ2n) is 20.5. The summed E-state index contributed by atoms with van der Waals surface area (Å²) < 4.78 is 35.2. The largest absolute Gasteiger partial charge is 0.506 e. The molecular formula is C64H64N5O16S+. The van der Waals surface area contributed by atoms with Gasteiger partial charge >= 0.3 is 5.97 Å². The maximum Gasteiger partial charge on any atom is 0.336 e. The number of amides is 1. The minimum atomic E-state index is -1.45. The zero-order chi connectivity index (χ0) is 61.2. The number of phenols is 1. The second-order valence-corrected chi connectivity index (χ2v) is 21.0. The van der Waals surface area contributed by atoms with E-state index in [4.69, 9.17) is 40.4 Å². The van der Waals surface area contributed by atoms with Crippen LogP contribution in [0.4, 0.5) is 17.1 Å². The summed E-state index contributed by atoms with van der Waals surface area (Å²) in [6.45, 7) is 9.79. The van der Waals surface area contributed by atoms with Crippen molar-refractivity contribution < 1.29 is 71.6 Å². The highest BCUT2D eigenvalue weighted by Crippen LogP contribution is 2.49. The molecule has 0 spiro atoms. The van der Waals surface area contributed by atoms with Crippen molar-refractivity contribution in [3.63, 3.8) is 0 Å². The van der Waals surface area contributed by atoms with E-state index in [2.05, 4.69) is 78.9 Å². The molecule has 0 atom stereocenters. The number of carbonyl (C=O) groups excluding carboxylic acids is 6. The predicted octanol–water partition coefficient (Wildman–Crippen LogP) is 9.13. The predicted molar refractivity (Wildman–Crippen MR) is 324 cm³/mol. The van der Waals surface area contributed by atoms with E-state index in [0.717, 1.165) is 86.5 Å². The molecule has 21 nitrogen and oxygen atoms in total. The summed E-state index contributed by atoms with van der Waals surface area (Å²) in [5, 5.41) is 27.4. The van der Waals surface area contributed by atoms with E-state index >= 15 is 0 Å². The van der Waals surface area contributed by atoms with Crippen LogP contribution in [0.2, 0.25) is 0 Å². The zero-order valence-electron chi connectivity index (χ0n) is 47.7. The summed E-state index contributed by atoms with van der Waals surface area (Å²) >= 11 is 5.02. The molecule has 3 aliphatic carbocycles. The lowest BCUT2D eigenvalue weighted by Crippen LogP contribution is -2.38. The molecule has 22 heteroatoms. The Morgan fingerprint density at radius 1 is 0.651 bits per heavy atom. The van der Waals surface area contributed by atoms with Crippen molar-refractivity contribution in [2.24, 2.45) is 5.92 Å². The molecule has 0 unspecified atom stereocenters. The second kappa shape index (κ2) is 27.3. The Bertz CT molecular complexity index is 3930. The number of ether oxygens (including phenoxy) is 4. The number of aromatic carboxylic acids is 1. The number of rotatable bonds is 27. The molecule has 1 fully saturated rings. The molecule has 0 saturated heterocycles. The van der Waals surface area contributed by atoms with Crippen LogP contribution < -0.4 is 35.4 Å². The van der Waals surface area contributed by atoms with Crippen molar-refractivity contribution in [1.82, 2.24) is 9.89 Å². The SMILES string of the molecule is CCN(CC)c1ccc2c(-c3ccc(C(=O)CC4CCC(NC(=O)c5ccc(-c6c7ccc(=O)c(N(COC=O)COC=O)c-7oc7c(N(COC=O)COC=O)c(O)ccc67)c(C(=O)O)c5)CC4)cc3S)c3ccc(=[N+](CC)CC)cc-3oc2c1. The lowest BCUT2D eigenvalue weighted by Gasteiger charge is -2.29. The van der Waals surface area contributed by atoms with Crippen molar-refractivity contribution in [2.45, 2.75) is 70.7 Å². The number of hydrogen-bond donors (Lipinski definition) is 4. The highest BCUT2D eigenvalue weighted by Gasteiger charge is 2.32. The first-order chi connectivity index (χ1) is 41.7. The number of Topliss-reactive ketones (excluding diaryl/α,β-unsaturated/α-hetero) is 1. The quantitative estimate of drug-likeness (QED) is 0.00711. The Labute approximate surface area is 499 Å². The molecule has 2 aliphatic heterocycles. The molecule has 9 rings (SSSR count). The average molecular weight is 1190 g/mol. The van der Waals surface area contributed by atoms with E-state index in [1.807, 2.05) is 18.2 Å². The molecule has 86 heavy (non-hydrogen) atoms. The number of nitrogens with zero attached hydrogens (tertiary/aromatic N) is 4. The summed E-state index contributed by atoms with van der Waals surface area (Å²) in [7, 11) is 0. The minimum absolute atomic E-state index is 0.00982. The van der Waals surface area contributed by atoms with Crippen molar-refractivity contribution in [1.29, 1.82) is 0 Å². The van der Waals surface area contributed by atoms with Crippen LogP contribution in [0.15, 0.2) is 116 Å². The summed E-state index contributed by atoms with van der Waals surface area (Å²) in [5.41, 5.74) is 3.43. The summed E-state index contributed by atoms with van der Waals surface area (Å²) in [6, 6.07) is 27.1. The Hall–Kier alpha value is -9.70. The van der Waals surface area contributed by atoms with Crippen LogP contribution in [0.5, 0.6) is 5.75 Å². The van der Waals surface area contributed by atoms with Gasteiger partial charge in [0.25, 0.3) is 31.8 Å². The highest BCUT2D eigenvalue weighted by atomic mass is 32.1. The van der Waals surface area contributed by atoms with Gasteiger partial charge in [-0.15, -0.1) is 12.6 Å². The van der Waals surface area contributed by atoms with Gasteiger partial charge in [-0.2, -0.15) is 0 Å². The van der Waals surface area contributed by atoms with Gasteiger partial charge in [-0.1, -0.05) is 18.2 Å². The Morgan fingerprint density at radius 3 is 1.86 bits per heavy atom. The Kier molecular flexibility index (Phi) is 19.4. The molecule has 4 aromatic rings. The third-order valence-electron chi connectivity index (χ3n) is 15.7. The van der Waals surface area contributed by atoms with Gasteiger partial charge in [0.1, 0.15) is 41.6 Å². The van der Waals surface area contributed by atoms with Crippen LogP contribution in [0.25, 0.3) is 66.8 Å². The van der Waals surface area contributed by atoms with Crippen LogP contribution in [0.1, 0.15) is 90.9 Å². The number of aromatic hydroxyl groups is 1. The minimum Gasteiger partial charge on any atom is -0.506 e. The third kappa shape index (κ3) is 12.6. The van der Waals surface area contributed by atoms with Crippen molar-refractivity contribution in [3.8, 4) is 50.7 Å². The van der Waals surface area contributed by atoms with Gasteiger partial charge < -0.3 is 48.2 Å². The smallest absolute Gasteiger partial charge is 0.336 e. The average Bonchev–Trinajstić information content (AvgIpc) is 0.767. The van der Waals surface area contributed by atoms with Crippen LogP contribution in [0, 0.1) is 5.92 Å². The van der Waals surface area contributed by atoms with Crippen LogP contribution >= 0.6 is 12.6 Å². The third-order valence-corrected chi connectivity index (χ3v) is 16.1. The number of phenolic OH excluding ortho intramolecular Hbond substituents is 1. The maximum atomic E-state index is 14.1. The number of nitrogens with one attached hydrogen (secondary N) is 1. The van der Waals surface area contributed by atoms with Gasteiger partial charge in [-0.25, -0.2) is 9.37 Å². The molecule has 2 heterocycles. The molecular weight excluding hydrogens is 1130 g/mol. The topological polar surface area (TPSA) is 265 Å². The number of carbonyl (C=O) groups is 7. The molecule has 0 bridgehead atoms. The first kappa shape index (κ1) is 60.9. The van der Waals surface area contributed by atoms with Crippen molar-refractivity contribution in [2.75, 3.05) is 67.8 Å². The van der Waals surface area contributed by atoms with Crippen LogP contribution in [-0.2, 0) is 38.1 Å². The molecule has 5 aliphatic rings. The number of ketones is 1. The van der Waals surface area contributed by atoms with E-state index in [1.54, 1.807) is 0 Å². The van der Waals surface area contributed by atoms with E-state index in [9.17, 15) is 48.6 Å². The summed E-state index contributed by atoms with van der Waals surface area (Å²) in [5.74, 6) is -2.02. The van der Waals surface area contributed by atoms with Gasteiger partial charge in [0, 0.05) is 92.4 Å². The Morgan fingerprint density at radius 2 is 1.24 bits per heavy atom. The van der Waals surface area contributed by atoms with Gasteiger partial charge in [0.2, 0.25) is 10.8 Å². The fourth-order valence-electron chi connectivity index (χ4n) is 11.6. The molecule has 0 radical (unpaired) electrons. The van der Waals surface area contributed by atoms with Crippen LogP contribution in [0.3, 0.4) is 0 Å². The van der Waals surface area contributed by atoms with E-state index in [-0.39, 0.29) is 106 Å². The lowest BCUT2D eigenvalue weighted by molar-refractivity contribution is -0.132. The molecule has 1 amide bonds. The molecule has 1 saturated carbocycles. The first-order valence-electron chi connectivity index (χ1n) is 28.1. The van der Waals surface area contributed by atoms with Gasteiger partial charge in [-0.3, -0.25) is 43.4 Å². The lowest BCUT2D eigenvalue weighted by atomic mass is 9.82. The van der Waals surface area contributed by atoms with Crippen LogP contribution in [-0.4, -0.2) is 113 Å². The molecule has 0 aromatic heterocycles. The van der Waals surface area contributed by atoms with Crippen molar-refractivity contribution in [3.05, 3.63) is 129 Å². The van der Waals surface area contributed by atoms with Gasteiger partial charge in [0.05, 0.1) is 11.6 Å². The Balaban J connectivity index is 0.968. The number of fused-ring (bicyclic) bond motifs is 4. The normalized spacial score (nSPS) is 13.9. The first-order valence-corrected chi connectivity index (χ1v) is 28.5. The number of benzene rings is 6. The van der Waals surface area contributed by atoms with Crippen molar-refractivity contribution >= 4 is 95.2 Å². The monoisotopic (exact) mass is 1190 g/mol. The van der Waals surface area contributed by atoms with Gasteiger partial charge in [-0.05, 0) is 131 Å². The fraction of sp³-hybridized carbons (Fsp3) is 0.297. The number of hydrogen-bond acceptors (Lipinski definition) is 19. The number of carboxylic acid groups (broad SMARTS) is 1. The molecule has 4 aromatic carbocycles. The highest BCUT2D eigenvalue weighted by molar-refractivity contribution is 7.80. The standard InChI is InChI=1S/C64H63N5O16S/c1-5-66(6-2)42-15-19-45-54(28-42)84-55-29-43(67(7-3)8-4)16-20-46(55)58(45)47-18-11-39(27-56(47)86)53(76)25-38-9-13-41(14-10-38)65-63(77)40-12-17-44(50(26-40)64(78)79)57-48-21-23-51(74)59(68(30-80-34-70)31-81-35-71)61(48)85-62-49(57)22-24-52(75)60(62)69(32-82-36-72)33-83-37-73/h11-12,15-24,26-29,34-38,41H,5-10,13-14,25,30-33H2,1-4H3,(H3,65,74,75,77,78,79)/p+1. The molecule has 446 valence electrons. The van der Waals surface area contributed by atoms with E-state index in [0.29, 0.717) is 36.1 Å².